The summed E-state index contributed by atoms with van der Waals surface area (Å²) in [5, 5.41) is 12.1. The van der Waals surface area contributed by atoms with Gasteiger partial charge in [0.1, 0.15) is 11.6 Å². The summed E-state index contributed by atoms with van der Waals surface area (Å²) in [5.74, 6) is 0.406. The van der Waals surface area contributed by atoms with Crippen molar-refractivity contribution in [2.45, 2.75) is 13.5 Å². The molecule has 3 aromatic rings. The number of imidazole rings is 1. The molecule has 0 atom stereocenters. The van der Waals surface area contributed by atoms with Gasteiger partial charge >= 0.3 is 0 Å². The standard InChI is InChI=1S/C13H11N5S/c1-8-16-10(7-19-8)6-18-11-4-2-3-9(5-14)12(11)17-13(18)15/h2-4,7H,6H2,1H3,(H2,15,17). The van der Waals surface area contributed by atoms with Crippen LogP contribution < -0.4 is 5.73 Å². The van der Waals surface area contributed by atoms with Crippen molar-refractivity contribution in [2.75, 3.05) is 5.73 Å². The second-order valence-corrected chi connectivity index (χ2v) is 5.26. The molecule has 0 unspecified atom stereocenters. The third-order valence-corrected chi connectivity index (χ3v) is 3.74. The molecule has 0 amide bonds. The topological polar surface area (TPSA) is 80.5 Å². The number of fused-ring (bicyclic) bond motifs is 1. The Hall–Kier alpha value is -2.39. The van der Waals surface area contributed by atoms with E-state index in [9.17, 15) is 0 Å². The first-order valence-electron chi connectivity index (χ1n) is 5.75. The molecule has 94 valence electrons. The van der Waals surface area contributed by atoms with Gasteiger partial charge in [-0.15, -0.1) is 11.3 Å². The van der Waals surface area contributed by atoms with E-state index in [1.165, 1.54) is 0 Å². The van der Waals surface area contributed by atoms with Crippen LogP contribution in [0.2, 0.25) is 0 Å². The van der Waals surface area contributed by atoms with Crippen LogP contribution in [0.15, 0.2) is 23.6 Å². The van der Waals surface area contributed by atoms with Gasteiger partial charge in [-0.3, -0.25) is 0 Å². The van der Waals surface area contributed by atoms with E-state index < -0.39 is 0 Å². The maximum atomic E-state index is 9.08. The van der Waals surface area contributed by atoms with Gasteiger partial charge in [0.25, 0.3) is 0 Å². The minimum Gasteiger partial charge on any atom is -0.369 e. The number of nitrogen functional groups attached to an aromatic ring is 1. The Morgan fingerprint density at radius 2 is 2.26 bits per heavy atom. The molecule has 0 aliphatic heterocycles. The van der Waals surface area contributed by atoms with Crippen LogP contribution in [0.3, 0.4) is 0 Å². The lowest BCUT2D eigenvalue weighted by molar-refractivity contribution is 0.813. The Kier molecular flexibility index (Phi) is 2.69. The van der Waals surface area contributed by atoms with Crippen molar-refractivity contribution in [3.8, 4) is 6.07 Å². The van der Waals surface area contributed by atoms with Gasteiger partial charge in [-0.1, -0.05) is 6.07 Å². The fourth-order valence-electron chi connectivity index (χ4n) is 2.06. The molecule has 2 N–H and O–H groups in total. The highest BCUT2D eigenvalue weighted by atomic mass is 32.1. The normalized spacial score (nSPS) is 10.7. The van der Waals surface area contributed by atoms with Crippen molar-refractivity contribution in [3.05, 3.63) is 39.8 Å². The summed E-state index contributed by atoms with van der Waals surface area (Å²) in [6, 6.07) is 7.63. The van der Waals surface area contributed by atoms with E-state index in [1.54, 1.807) is 17.4 Å². The Morgan fingerprint density at radius 3 is 2.95 bits per heavy atom. The number of aromatic nitrogens is 3. The Labute approximate surface area is 113 Å². The Bertz CT molecular complexity index is 793. The number of aryl methyl sites for hydroxylation is 1. The molecular formula is C13H11N5S. The highest BCUT2D eigenvalue weighted by molar-refractivity contribution is 7.09. The van der Waals surface area contributed by atoms with Crippen LogP contribution in [0, 0.1) is 18.3 Å². The van der Waals surface area contributed by atoms with E-state index in [0.29, 0.717) is 23.6 Å². The number of anilines is 1. The largest absolute Gasteiger partial charge is 0.369 e. The monoisotopic (exact) mass is 269 g/mol. The summed E-state index contributed by atoms with van der Waals surface area (Å²) >= 11 is 1.61. The molecular weight excluding hydrogens is 258 g/mol. The molecule has 0 aliphatic rings. The zero-order valence-electron chi connectivity index (χ0n) is 10.3. The molecule has 3 rings (SSSR count). The first kappa shape index (κ1) is 11.7. The highest BCUT2D eigenvalue weighted by Crippen LogP contribution is 2.22. The lowest BCUT2D eigenvalue weighted by Gasteiger charge is -2.03. The van der Waals surface area contributed by atoms with Crippen LogP contribution in [0.25, 0.3) is 11.0 Å². The Morgan fingerprint density at radius 1 is 1.42 bits per heavy atom. The maximum Gasteiger partial charge on any atom is 0.201 e. The molecule has 2 heterocycles. The van der Waals surface area contributed by atoms with Gasteiger partial charge in [0.15, 0.2) is 0 Å². The fraction of sp³-hybridized carbons (Fsp3) is 0.154. The molecule has 1 aromatic carbocycles. The number of para-hydroxylation sites is 1. The number of thiazole rings is 1. The smallest absolute Gasteiger partial charge is 0.201 e. The third-order valence-electron chi connectivity index (χ3n) is 2.92. The zero-order chi connectivity index (χ0) is 13.4. The molecule has 0 saturated carbocycles. The summed E-state index contributed by atoms with van der Waals surface area (Å²) in [6.45, 7) is 2.54. The maximum absolute atomic E-state index is 9.08. The number of nitrogens with zero attached hydrogens (tertiary/aromatic N) is 4. The van der Waals surface area contributed by atoms with Crippen LogP contribution in [0.5, 0.6) is 0 Å². The van der Waals surface area contributed by atoms with Crippen molar-refractivity contribution < 1.29 is 0 Å². The minimum atomic E-state index is 0.406. The van der Waals surface area contributed by atoms with Gasteiger partial charge < -0.3 is 10.3 Å². The summed E-state index contributed by atoms with van der Waals surface area (Å²) in [5.41, 5.74) is 8.95. The van der Waals surface area contributed by atoms with Gasteiger partial charge in [0, 0.05) is 5.38 Å². The zero-order valence-corrected chi connectivity index (χ0v) is 11.1. The predicted octanol–water partition coefficient (Wildman–Crippen LogP) is 2.30. The first-order valence-corrected chi connectivity index (χ1v) is 6.63. The molecule has 0 radical (unpaired) electrons. The molecule has 0 spiro atoms. The summed E-state index contributed by atoms with van der Waals surface area (Å²) < 4.78 is 1.88. The summed E-state index contributed by atoms with van der Waals surface area (Å²) in [6.07, 6.45) is 0. The van der Waals surface area contributed by atoms with Gasteiger partial charge in [0.05, 0.1) is 28.3 Å². The molecule has 2 aromatic heterocycles. The van der Waals surface area contributed by atoms with Crippen LogP contribution >= 0.6 is 11.3 Å². The van der Waals surface area contributed by atoms with E-state index in [1.807, 2.05) is 29.0 Å². The number of benzene rings is 1. The van der Waals surface area contributed by atoms with Crippen LogP contribution in [0.1, 0.15) is 16.3 Å². The number of hydrogen-bond acceptors (Lipinski definition) is 5. The van der Waals surface area contributed by atoms with Crippen molar-refractivity contribution in [1.29, 1.82) is 5.26 Å². The Balaban J connectivity index is 2.14. The summed E-state index contributed by atoms with van der Waals surface area (Å²) in [7, 11) is 0. The fourth-order valence-corrected chi connectivity index (χ4v) is 2.67. The van der Waals surface area contributed by atoms with Crippen molar-refractivity contribution in [1.82, 2.24) is 14.5 Å². The van der Waals surface area contributed by atoms with Crippen LogP contribution in [-0.4, -0.2) is 14.5 Å². The number of nitrogens with two attached hydrogens (primary N) is 1. The minimum absolute atomic E-state index is 0.406. The molecule has 0 aliphatic carbocycles. The molecule has 0 saturated heterocycles. The van der Waals surface area contributed by atoms with E-state index in [-0.39, 0.29) is 0 Å². The van der Waals surface area contributed by atoms with Crippen LogP contribution in [0.4, 0.5) is 5.95 Å². The number of nitriles is 1. The van der Waals surface area contributed by atoms with E-state index >= 15 is 0 Å². The molecule has 0 fully saturated rings. The number of hydrogen-bond donors (Lipinski definition) is 1. The third kappa shape index (κ3) is 1.94. The van der Waals surface area contributed by atoms with E-state index in [0.717, 1.165) is 16.2 Å². The van der Waals surface area contributed by atoms with Crippen molar-refractivity contribution in [2.24, 2.45) is 0 Å². The number of rotatable bonds is 2. The van der Waals surface area contributed by atoms with Gasteiger partial charge in [-0.25, -0.2) is 9.97 Å². The van der Waals surface area contributed by atoms with E-state index in [4.69, 9.17) is 11.0 Å². The van der Waals surface area contributed by atoms with Gasteiger partial charge in [-0.2, -0.15) is 5.26 Å². The van der Waals surface area contributed by atoms with Crippen molar-refractivity contribution in [3.63, 3.8) is 0 Å². The van der Waals surface area contributed by atoms with Crippen molar-refractivity contribution >= 4 is 28.3 Å². The van der Waals surface area contributed by atoms with Crippen LogP contribution in [-0.2, 0) is 6.54 Å². The molecule has 0 bridgehead atoms. The predicted molar refractivity (Wildman–Crippen MR) is 74.8 cm³/mol. The molecule has 19 heavy (non-hydrogen) atoms. The van der Waals surface area contributed by atoms with Gasteiger partial charge in [0.2, 0.25) is 5.95 Å². The first-order chi connectivity index (χ1) is 9.19. The van der Waals surface area contributed by atoms with E-state index in [2.05, 4.69) is 16.0 Å². The average Bonchev–Trinajstić information content (AvgIpc) is 2.94. The lowest BCUT2D eigenvalue weighted by atomic mass is 10.2. The quantitative estimate of drug-likeness (QED) is 0.774. The van der Waals surface area contributed by atoms with Gasteiger partial charge in [-0.05, 0) is 19.1 Å². The average molecular weight is 269 g/mol. The second-order valence-electron chi connectivity index (χ2n) is 4.20. The molecule has 6 heteroatoms. The highest BCUT2D eigenvalue weighted by Gasteiger charge is 2.12. The lowest BCUT2D eigenvalue weighted by Crippen LogP contribution is -2.04. The second kappa shape index (κ2) is 4.37. The summed E-state index contributed by atoms with van der Waals surface area (Å²) in [4.78, 5) is 8.71. The SMILES string of the molecule is Cc1nc(Cn2c(N)nc3c(C#N)cccc32)cs1. The molecule has 5 nitrogen and oxygen atoms in total.